The van der Waals surface area contributed by atoms with Gasteiger partial charge < -0.3 is 0 Å². The summed E-state index contributed by atoms with van der Waals surface area (Å²) in [6.07, 6.45) is 2.64. The topological polar surface area (TPSA) is 3.24 Å². The zero-order valence-electron chi connectivity index (χ0n) is 6.15. The molecule has 1 rings (SSSR count). The average molecular weight is 192 g/mol. The van der Waals surface area contributed by atoms with Gasteiger partial charge in [0.05, 0.1) is 4.45 Å². The highest BCUT2D eigenvalue weighted by Gasteiger charge is 2.31. The minimum atomic E-state index is 0.307. The Kier molecular flexibility index (Phi) is 2.17. The Morgan fingerprint density at radius 3 is 2.56 bits per heavy atom. The molecule has 9 heavy (non-hydrogen) atoms. The van der Waals surface area contributed by atoms with Crippen LogP contribution in [0.4, 0.5) is 0 Å². The molecule has 0 aliphatic carbocycles. The fraction of sp³-hybridized carbons (Fsp3) is 1.00. The fourth-order valence-corrected chi connectivity index (χ4v) is 2.18. The minimum Gasteiger partial charge on any atom is -0.289 e. The van der Waals surface area contributed by atoms with Crippen molar-refractivity contribution in [3.05, 3.63) is 0 Å². The number of rotatable bonds is 1. The third kappa shape index (κ3) is 1.47. The lowest BCUT2D eigenvalue weighted by Gasteiger charge is -2.27. The number of halogens is 1. The van der Waals surface area contributed by atoms with Crippen LogP contribution in [0.25, 0.3) is 0 Å². The van der Waals surface area contributed by atoms with Gasteiger partial charge in [0, 0.05) is 0 Å². The van der Waals surface area contributed by atoms with E-state index in [0.717, 1.165) is 0 Å². The van der Waals surface area contributed by atoms with Crippen molar-refractivity contribution in [2.45, 2.75) is 31.1 Å². The first kappa shape index (κ1) is 7.55. The second-order valence-electron chi connectivity index (χ2n) is 2.83. The minimum absolute atomic E-state index is 0.307. The van der Waals surface area contributed by atoms with Crippen LogP contribution >= 0.6 is 15.9 Å². The van der Waals surface area contributed by atoms with Gasteiger partial charge in [0.2, 0.25) is 0 Å². The van der Waals surface area contributed by atoms with E-state index in [2.05, 4.69) is 34.7 Å². The quantitative estimate of drug-likeness (QED) is 0.454. The summed E-state index contributed by atoms with van der Waals surface area (Å²) in [5.41, 5.74) is 0. The Morgan fingerprint density at radius 2 is 2.33 bits per heavy atom. The van der Waals surface area contributed by atoms with Gasteiger partial charge in [0.25, 0.3) is 0 Å². The van der Waals surface area contributed by atoms with Gasteiger partial charge in [0.15, 0.2) is 0 Å². The third-order valence-corrected chi connectivity index (χ3v) is 3.00. The van der Waals surface area contributed by atoms with Crippen molar-refractivity contribution in [3.63, 3.8) is 0 Å². The maximum Gasteiger partial charge on any atom is 0.0739 e. The van der Waals surface area contributed by atoms with E-state index < -0.39 is 0 Å². The second-order valence-corrected chi connectivity index (χ2v) is 4.53. The molecule has 0 saturated carbocycles. The SMILES string of the molecule is CCN1CCCC1(C)Br. The van der Waals surface area contributed by atoms with Gasteiger partial charge in [-0.05, 0) is 32.9 Å². The Labute approximate surface area is 65.6 Å². The number of hydrogen-bond acceptors (Lipinski definition) is 1. The van der Waals surface area contributed by atoms with Crippen molar-refractivity contribution >= 4 is 15.9 Å². The summed E-state index contributed by atoms with van der Waals surface area (Å²) >= 11 is 3.69. The normalized spacial score (nSPS) is 37.7. The zero-order chi connectivity index (χ0) is 6.91. The molecule has 54 valence electrons. The van der Waals surface area contributed by atoms with E-state index in [1.807, 2.05) is 0 Å². The van der Waals surface area contributed by atoms with Crippen molar-refractivity contribution in [1.29, 1.82) is 0 Å². The summed E-state index contributed by atoms with van der Waals surface area (Å²) < 4.78 is 0.307. The lowest BCUT2D eigenvalue weighted by Crippen LogP contribution is -2.34. The third-order valence-electron chi connectivity index (χ3n) is 2.10. The van der Waals surface area contributed by atoms with E-state index in [4.69, 9.17) is 0 Å². The summed E-state index contributed by atoms with van der Waals surface area (Å²) in [7, 11) is 0. The summed E-state index contributed by atoms with van der Waals surface area (Å²) in [5, 5.41) is 0. The predicted octanol–water partition coefficient (Wildman–Crippen LogP) is 2.21. The van der Waals surface area contributed by atoms with Gasteiger partial charge in [-0.1, -0.05) is 22.9 Å². The molecule has 0 spiro atoms. The molecule has 0 aromatic rings. The zero-order valence-corrected chi connectivity index (χ0v) is 7.74. The first-order valence-corrected chi connectivity index (χ1v) is 4.40. The molecule has 1 saturated heterocycles. The number of alkyl halides is 1. The Bertz CT molecular complexity index is 101. The summed E-state index contributed by atoms with van der Waals surface area (Å²) in [5.74, 6) is 0. The molecule has 1 nitrogen and oxygen atoms in total. The maximum absolute atomic E-state index is 3.69. The van der Waals surface area contributed by atoms with E-state index in [1.54, 1.807) is 0 Å². The summed E-state index contributed by atoms with van der Waals surface area (Å²) in [6, 6.07) is 0. The predicted molar refractivity (Wildman–Crippen MR) is 43.8 cm³/mol. The van der Waals surface area contributed by atoms with Gasteiger partial charge in [-0.25, -0.2) is 0 Å². The maximum atomic E-state index is 3.69. The molecule has 1 fully saturated rings. The van der Waals surface area contributed by atoms with Crippen molar-refractivity contribution in [2.24, 2.45) is 0 Å². The van der Waals surface area contributed by atoms with Crippen LogP contribution < -0.4 is 0 Å². The number of hydrogen-bond donors (Lipinski definition) is 0. The first-order chi connectivity index (χ1) is 4.17. The molecule has 1 unspecified atom stereocenters. The van der Waals surface area contributed by atoms with Gasteiger partial charge >= 0.3 is 0 Å². The van der Waals surface area contributed by atoms with Crippen LogP contribution in [-0.2, 0) is 0 Å². The van der Waals surface area contributed by atoms with Crippen molar-refractivity contribution < 1.29 is 0 Å². The van der Waals surface area contributed by atoms with Gasteiger partial charge in [-0.3, -0.25) is 4.90 Å². The molecule has 1 aliphatic rings. The Balaban J connectivity index is 2.52. The van der Waals surface area contributed by atoms with Gasteiger partial charge in [0.1, 0.15) is 0 Å². The molecule has 1 heterocycles. The molecule has 0 N–H and O–H groups in total. The fourth-order valence-electron chi connectivity index (χ4n) is 1.47. The Morgan fingerprint density at radius 1 is 1.67 bits per heavy atom. The van der Waals surface area contributed by atoms with E-state index >= 15 is 0 Å². The first-order valence-electron chi connectivity index (χ1n) is 3.61. The molecule has 1 atom stereocenters. The van der Waals surface area contributed by atoms with Crippen molar-refractivity contribution in [1.82, 2.24) is 4.90 Å². The van der Waals surface area contributed by atoms with E-state index in [-0.39, 0.29) is 0 Å². The second kappa shape index (κ2) is 2.59. The van der Waals surface area contributed by atoms with Crippen LogP contribution in [0.5, 0.6) is 0 Å². The van der Waals surface area contributed by atoms with Crippen molar-refractivity contribution in [3.8, 4) is 0 Å². The number of likely N-dealkylation sites (tertiary alicyclic amines) is 1. The van der Waals surface area contributed by atoms with Crippen molar-refractivity contribution in [2.75, 3.05) is 13.1 Å². The highest BCUT2D eigenvalue weighted by molar-refractivity contribution is 9.10. The highest BCUT2D eigenvalue weighted by atomic mass is 79.9. The average Bonchev–Trinajstić information content (AvgIpc) is 2.08. The van der Waals surface area contributed by atoms with Gasteiger partial charge in [-0.2, -0.15) is 0 Å². The molecule has 0 amide bonds. The van der Waals surface area contributed by atoms with E-state index in [9.17, 15) is 0 Å². The van der Waals surface area contributed by atoms with E-state index in [1.165, 1.54) is 25.9 Å². The molecule has 0 radical (unpaired) electrons. The van der Waals surface area contributed by atoms with Crippen LogP contribution in [0, 0.1) is 0 Å². The van der Waals surface area contributed by atoms with Crippen LogP contribution in [-0.4, -0.2) is 22.4 Å². The smallest absolute Gasteiger partial charge is 0.0739 e. The molecular weight excluding hydrogens is 178 g/mol. The molecule has 2 heteroatoms. The molecule has 1 aliphatic heterocycles. The molecule has 0 bridgehead atoms. The Hall–Kier alpha value is 0.440. The summed E-state index contributed by atoms with van der Waals surface area (Å²) in [4.78, 5) is 2.47. The number of nitrogens with zero attached hydrogens (tertiary/aromatic N) is 1. The largest absolute Gasteiger partial charge is 0.289 e. The van der Waals surface area contributed by atoms with Crippen LogP contribution in [0.1, 0.15) is 26.7 Å². The monoisotopic (exact) mass is 191 g/mol. The lowest BCUT2D eigenvalue weighted by atomic mass is 10.2. The van der Waals surface area contributed by atoms with Gasteiger partial charge in [-0.15, -0.1) is 0 Å². The standard InChI is InChI=1S/C7H14BrN/c1-3-9-6-4-5-7(9,2)8/h3-6H2,1-2H3. The van der Waals surface area contributed by atoms with Crippen LogP contribution in [0.3, 0.4) is 0 Å². The lowest BCUT2D eigenvalue weighted by molar-refractivity contribution is 0.261. The molecule has 0 aromatic heterocycles. The van der Waals surface area contributed by atoms with Crippen LogP contribution in [0.15, 0.2) is 0 Å². The molecule has 0 aromatic carbocycles. The summed E-state index contributed by atoms with van der Waals surface area (Å²) in [6.45, 7) is 6.90. The van der Waals surface area contributed by atoms with Crippen LogP contribution in [0.2, 0.25) is 0 Å². The highest BCUT2D eigenvalue weighted by Crippen LogP contribution is 2.33. The molecular formula is C7H14BrN. The van der Waals surface area contributed by atoms with E-state index in [0.29, 0.717) is 4.45 Å².